The lowest BCUT2D eigenvalue weighted by atomic mass is 10.2. The van der Waals surface area contributed by atoms with Crippen LogP contribution in [0.1, 0.15) is 39.5 Å². The molecule has 3 atom stereocenters. The fourth-order valence-electron chi connectivity index (χ4n) is 2.25. The van der Waals surface area contributed by atoms with Gasteiger partial charge in [-0.05, 0) is 25.5 Å². The van der Waals surface area contributed by atoms with E-state index in [4.69, 9.17) is 5.11 Å². The Kier molecular flexibility index (Phi) is 6.32. The number of aliphatic carboxylic acids is 1. The molecule has 1 rings (SSSR count). The smallest absolute Gasteiger partial charge is 0.315 e. The summed E-state index contributed by atoms with van der Waals surface area (Å²) in [5, 5.41) is 14.7. The third-order valence-corrected chi connectivity index (χ3v) is 4.33. The Morgan fingerprint density at radius 2 is 2.17 bits per heavy atom. The van der Waals surface area contributed by atoms with E-state index in [1.165, 1.54) is 0 Å². The predicted molar refractivity (Wildman–Crippen MR) is 72.9 cm³/mol. The van der Waals surface area contributed by atoms with Gasteiger partial charge in [-0.3, -0.25) is 4.79 Å². The average molecular weight is 274 g/mol. The number of carbonyl (C=O) groups is 2. The zero-order valence-electron chi connectivity index (χ0n) is 10.9. The molecule has 0 aromatic carbocycles. The van der Waals surface area contributed by atoms with Crippen molar-refractivity contribution in [2.75, 3.05) is 5.75 Å². The minimum atomic E-state index is -0.900. The first-order valence-corrected chi connectivity index (χ1v) is 7.48. The number of rotatable bonds is 6. The first kappa shape index (κ1) is 15.1. The molecule has 0 aromatic heterocycles. The lowest BCUT2D eigenvalue weighted by Crippen LogP contribution is -2.47. The molecule has 1 aliphatic rings. The number of amides is 2. The Hall–Kier alpha value is -0.910. The molecule has 0 radical (unpaired) electrons. The van der Waals surface area contributed by atoms with Crippen LogP contribution in [0.3, 0.4) is 0 Å². The third-order valence-electron chi connectivity index (χ3n) is 3.01. The molecule has 0 aliphatic heterocycles. The van der Waals surface area contributed by atoms with Crippen LogP contribution in [0, 0.1) is 0 Å². The highest BCUT2D eigenvalue weighted by molar-refractivity contribution is 7.99. The zero-order chi connectivity index (χ0) is 13.5. The van der Waals surface area contributed by atoms with Gasteiger partial charge < -0.3 is 15.7 Å². The molecule has 0 saturated heterocycles. The van der Waals surface area contributed by atoms with Gasteiger partial charge in [0.15, 0.2) is 0 Å². The van der Waals surface area contributed by atoms with E-state index in [2.05, 4.69) is 17.6 Å². The molecule has 104 valence electrons. The number of hydrogen-bond acceptors (Lipinski definition) is 3. The molecule has 1 saturated carbocycles. The minimum absolute atomic E-state index is 0.0504. The summed E-state index contributed by atoms with van der Waals surface area (Å²) in [6.45, 7) is 3.82. The van der Waals surface area contributed by atoms with Crippen molar-refractivity contribution in [2.45, 2.75) is 56.9 Å². The number of carbonyl (C=O) groups excluding carboxylic acids is 1. The van der Waals surface area contributed by atoms with E-state index < -0.39 is 5.97 Å². The fraction of sp³-hybridized carbons (Fsp3) is 0.833. The lowest BCUT2D eigenvalue weighted by Gasteiger charge is -2.21. The van der Waals surface area contributed by atoms with Crippen molar-refractivity contribution in [1.82, 2.24) is 10.6 Å². The minimum Gasteiger partial charge on any atom is -0.481 e. The Bertz CT molecular complexity index is 299. The van der Waals surface area contributed by atoms with Crippen LogP contribution in [0.15, 0.2) is 0 Å². The van der Waals surface area contributed by atoms with Crippen molar-refractivity contribution in [1.29, 1.82) is 0 Å². The van der Waals surface area contributed by atoms with Gasteiger partial charge in [-0.15, -0.1) is 0 Å². The van der Waals surface area contributed by atoms with Gasteiger partial charge in [0, 0.05) is 17.3 Å². The van der Waals surface area contributed by atoms with E-state index in [9.17, 15) is 9.59 Å². The van der Waals surface area contributed by atoms with E-state index >= 15 is 0 Å². The Morgan fingerprint density at radius 1 is 1.44 bits per heavy atom. The van der Waals surface area contributed by atoms with Gasteiger partial charge in [-0.25, -0.2) is 4.79 Å². The quantitative estimate of drug-likeness (QED) is 0.690. The Balaban J connectivity index is 2.32. The van der Waals surface area contributed by atoms with Gasteiger partial charge in [-0.1, -0.05) is 13.3 Å². The standard InChI is InChI=1S/C12H22N2O3S/c1-3-18-10-6-4-5-9(10)14-12(17)13-8(2)7-11(15)16/h8-10H,3-7H2,1-2H3,(H,15,16)(H2,13,14,17). The van der Waals surface area contributed by atoms with Gasteiger partial charge in [0.25, 0.3) is 0 Å². The molecule has 2 amide bonds. The number of carboxylic acids is 1. The highest BCUT2D eigenvalue weighted by Gasteiger charge is 2.28. The summed E-state index contributed by atoms with van der Waals surface area (Å²) >= 11 is 1.88. The molecule has 0 spiro atoms. The van der Waals surface area contributed by atoms with Crippen LogP contribution in [0.4, 0.5) is 4.79 Å². The second-order valence-electron chi connectivity index (χ2n) is 4.65. The maximum Gasteiger partial charge on any atom is 0.315 e. The number of urea groups is 1. The molecule has 3 N–H and O–H groups in total. The number of nitrogens with one attached hydrogen (secondary N) is 2. The maximum absolute atomic E-state index is 11.7. The molecule has 1 aliphatic carbocycles. The van der Waals surface area contributed by atoms with Crippen molar-refractivity contribution in [3.05, 3.63) is 0 Å². The molecular formula is C12H22N2O3S. The fourth-order valence-corrected chi connectivity index (χ4v) is 3.45. The number of hydrogen-bond donors (Lipinski definition) is 3. The van der Waals surface area contributed by atoms with Gasteiger partial charge in [0.05, 0.1) is 6.42 Å². The average Bonchev–Trinajstić information content (AvgIpc) is 2.64. The molecule has 0 aromatic rings. The zero-order valence-corrected chi connectivity index (χ0v) is 11.8. The van der Waals surface area contributed by atoms with Crippen LogP contribution in [0.25, 0.3) is 0 Å². The van der Waals surface area contributed by atoms with E-state index in [-0.39, 0.29) is 24.5 Å². The molecule has 18 heavy (non-hydrogen) atoms. The highest BCUT2D eigenvalue weighted by Crippen LogP contribution is 2.29. The van der Waals surface area contributed by atoms with Crippen molar-refractivity contribution in [3.63, 3.8) is 0 Å². The largest absolute Gasteiger partial charge is 0.481 e. The molecule has 0 heterocycles. The second-order valence-corrected chi connectivity index (χ2v) is 6.16. The van der Waals surface area contributed by atoms with Crippen LogP contribution < -0.4 is 10.6 Å². The van der Waals surface area contributed by atoms with Gasteiger partial charge in [0.1, 0.15) is 0 Å². The van der Waals surface area contributed by atoms with Crippen LogP contribution in [-0.2, 0) is 4.79 Å². The van der Waals surface area contributed by atoms with Crippen molar-refractivity contribution in [3.8, 4) is 0 Å². The molecule has 6 heteroatoms. The van der Waals surface area contributed by atoms with Crippen molar-refractivity contribution >= 4 is 23.8 Å². The van der Waals surface area contributed by atoms with E-state index in [1.807, 2.05) is 11.8 Å². The summed E-state index contributed by atoms with van der Waals surface area (Å²) in [6, 6.07) is -0.384. The summed E-state index contributed by atoms with van der Waals surface area (Å²) < 4.78 is 0. The summed E-state index contributed by atoms with van der Waals surface area (Å²) in [7, 11) is 0. The molecule has 1 fully saturated rings. The molecule has 0 bridgehead atoms. The van der Waals surface area contributed by atoms with Gasteiger partial charge in [0.2, 0.25) is 0 Å². The Morgan fingerprint density at radius 3 is 2.78 bits per heavy atom. The van der Waals surface area contributed by atoms with E-state index in [1.54, 1.807) is 6.92 Å². The maximum atomic E-state index is 11.7. The SMILES string of the molecule is CCSC1CCCC1NC(=O)NC(C)CC(=O)O. The second kappa shape index (κ2) is 7.51. The van der Waals surface area contributed by atoms with E-state index in [0.29, 0.717) is 5.25 Å². The van der Waals surface area contributed by atoms with Crippen LogP contribution >= 0.6 is 11.8 Å². The Labute approximate surface area is 112 Å². The van der Waals surface area contributed by atoms with Crippen LogP contribution in [0.2, 0.25) is 0 Å². The molecule has 3 unspecified atom stereocenters. The van der Waals surface area contributed by atoms with Crippen LogP contribution in [0.5, 0.6) is 0 Å². The summed E-state index contributed by atoms with van der Waals surface area (Å²) in [6.07, 6.45) is 3.26. The van der Waals surface area contributed by atoms with Gasteiger partial charge in [-0.2, -0.15) is 11.8 Å². The predicted octanol–water partition coefficient (Wildman–Crippen LogP) is 1.82. The van der Waals surface area contributed by atoms with Crippen molar-refractivity contribution in [2.24, 2.45) is 0 Å². The first-order chi connectivity index (χ1) is 8.52. The normalized spacial score (nSPS) is 24.6. The highest BCUT2D eigenvalue weighted by atomic mass is 32.2. The number of thioether (sulfide) groups is 1. The third kappa shape index (κ3) is 5.16. The summed E-state index contributed by atoms with van der Waals surface area (Å²) in [5.41, 5.74) is 0. The van der Waals surface area contributed by atoms with Crippen molar-refractivity contribution < 1.29 is 14.7 Å². The summed E-state index contributed by atoms with van der Waals surface area (Å²) in [5.74, 6) is 0.156. The molecular weight excluding hydrogens is 252 g/mol. The van der Waals surface area contributed by atoms with Gasteiger partial charge >= 0.3 is 12.0 Å². The van der Waals surface area contributed by atoms with E-state index in [0.717, 1.165) is 25.0 Å². The lowest BCUT2D eigenvalue weighted by molar-refractivity contribution is -0.137. The topological polar surface area (TPSA) is 78.4 Å². The first-order valence-electron chi connectivity index (χ1n) is 6.43. The molecule has 5 nitrogen and oxygen atoms in total. The monoisotopic (exact) mass is 274 g/mol. The number of carboxylic acid groups (broad SMARTS) is 1. The summed E-state index contributed by atoms with van der Waals surface area (Å²) in [4.78, 5) is 22.2. The van der Waals surface area contributed by atoms with Crippen LogP contribution in [-0.4, -0.2) is 40.2 Å².